The van der Waals surface area contributed by atoms with Crippen molar-refractivity contribution in [3.05, 3.63) is 23.8 Å². The molecule has 0 aromatic rings. The minimum atomic E-state index is 0.444. The molecule has 2 saturated carbocycles. The van der Waals surface area contributed by atoms with E-state index in [0.29, 0.717) is 21.7 Å². The van der Waals surface area contributed by atoms with Crippen molar-refractivity contribution in [3.8, 4) is 0 Å². The van der Waals surface area contributed by atoms with Crippen LogP contribution in [0.5, 0.6) is 0 Å². The van der Waals surface area contributed by atoms with Crippen molar-refractivity contribution in [2.75, 3.05) is 0 Å². The molecule has 0 heteroatoms. The highest BCUT2D eigenvalue weighted by atomic mass is 14.7. The smallest absolute Gasteiger partial charge is 0.00568 e. The maximum Gasteiger partial charge on any atom is -0.00568 e. The largest absolute Gasteiger partial charge is 0.103 e. The molecule has 0 saturated heterocycles. The second kappa shape index (κ2) is 8.55. The van der Waals surface area contributed by atoms with Gasteiger partial charge in [-0.05, 0) is 121 Å². The molecule has 0 bridgehead atoms. The number of rotatable bonds is 6. The van der Waals surface area contributed by atoms with E-state index < -0.39 is 0 Å². The van der Waals surface area contributed by atoms with Gasteiger partial charge in [-0.1, -0.05) is 79.5 Å². The van der Waals surface area contributed by atoms with Crippen LogP contribution >= 0.6 is 0 Å². The standard InChI is InChI=1S/C33H56/c1-11-25-15-19-31(8)27(24(25)5)12-13-29-28(31)17-21-32(9)26(16-20-33(29,32)10)23(4)14-18-30(6,7)22(2)3/h11,22-27H,1,12-21H2,2-10H3/t23-,24?,25?,26?,27?,31?,32?,33+/m1/s1. The molecule has 0 amide bonds. The minimum Gasteiger partial charge on any atom is -0.103 e. The van der Waals surface area contributed by atoms with Gasteiger partial charge in [-0.15, -0.1) is 6.58 Å². The molecule has 0 radical (unpaired) electrons. The van der Waals surface area contributed by atoms with Crippen LogP contribution in [0.2, 0.25) is 0 Å². The van der Waals surface area contributed by atoms with Gasteiger partial charge >= 0.3 is 0 Å². The van der Waals surface area contributed by atoms with Crippen molar-refractivity contribution in [2.24, 2.45) is 57.2 Å². The zero-order valence-corrected chi connectivity index (χ0v) is 23.8. The maximum atomic E-state index is 4.19. The fraction of sp³-hybridized carbons (Fsp3) is 0.879. The van der Waals surface area contributed by atoms with E-state index in [9.17, 15) is 0 Å². The summed E-state index contributed by atoms with van der Waals surface area (Å²) in [4.78, 5) is 0. The lowest BCUT2D eigenvalue weighted by Gasteiger charge is -2.60. The van der Waals surface area contributed by atoms with Crippen LogP contribution in [-0.2, 0) is 0 Å². The van der Waals surface area contributed by atoms with Crippen molar-refractivity contribution in [3.63, 3.8) is 0 Å². The molecule has 0 heterocycles. The molecule has 0 aliphatic heterocycles. The average molecular weight is 453 g/mol. The number of fused-ring (bicyclic) bond motifs is 4. The number of hydrogen-bond acceptors (Lipinski definition) is 0. The normalized spacial score (nSPS) is 44.3. The first-order chi connectivity index (χ1) is 15.3. The molecule has 6 unspecified atom stereocenters. The molecule has 0 aromatic carbocycles. The predicted molar refractivity (Wildman–Crippen MR) is 145 cm³/mol. The quantitative estimate of drug-likeness (QED) is 0.351. The van der Waals surface area contributed by atoms with Gasteiger partial charge in [0.05, 0.1) is 0 Å². The third-order valence-corrected chi connectivity index (χ3v) is 13.3. The zero-order chi connectivity index (χ0) is 24.4. The van der Waals surface area contributed by atoms with E-state index in [2.05, 4.69) is 75.0 Å². The fourth-order valence-electron chi connectivity index (χ4n) is 9.72. The highest BCUT2D eigenvalue weighted by Gasteiger charge is 2.62. The van der Waals surface area contributed by atoms with Crippen molar-refractivity contribution >= 4 is 0 Å². The third kappa shape index (κ3) is 3.74. The van der Waals surface area contributed by atoms with Crippen molar-refractivity contribution in [1.29, 1.82) is 0 Å². The SMILES string of the molecule is C=CC1CCC2(C)C3=C(CCC2C1C)[C@]1(C)CCC([C@H](C)CCC(C)(C)C(C)C)C1(C)CC3. The van der Waals surface area contributed by atoms with E-state index in [1.807, 2.05) is 11.1 Å². The first-order valence-corrected chi connectivity index (χ1v) is 14.7. The van der Waals surface area contributed by atoms with Gasteiger partial charge in [0.2, 0.25) is 0 Å². The molecule has 4 rings (SSSR count). The molecule has 0 spiro atoms. The van der Waals surface area contributed by atoms with Gasteiger partial charge in [-0.3, -0.25) is 0 Å². The van der Waals surface area contributed by atoms with Gasteiger partial charge in [0.25, 0.3) is 0 Å². The van der Waals surface area contributed by atoms with Gasteiger partial charge in [0.1, 0.15) is 0 Å². The molecule has 0 N–H and O–H groups in total. The highest BCUT2D eigenvalue weighted by molar-refractivity contribution is 5.38. The summed E-state index contributed by atoms with van der Waals surface area (Å²) < 4.78 is 0. The zero-order valence-electron chi connectivity index (χ0n) is 23.8. The van der Waals surface area contributed by atoms with Crippen LogP contribution in [0.15, 0.2) is 23.8 Å². The first kappa shape index (κ1) is 25.6. The van der Waals surface area contributed by atoms with Crippen LogP contribution < -0.4 is 0 Å². The summed E-state index contributed by atoms with van der Waals surface area (Å²) in [6, 6.07) is 0. The lowest BCUT2D eigenvalue weighted by Crippen LogP contribution is -2.50. The van der Waals surface area contributed by atoms with Crippen LogP contribution in [0.25, 0.3) is 0 Å². The summed E-state index contributed by atoms with van der Waals surface area (Å²) in [7, 11) is 0. The minimum absolute atomic E-state index is 0.444. The van der Waals surface area contributed by atoms with Crippen LogP contribution in [0.4, 0.5) is 0 Å². The van der Waals surface area contributed by atoms with Gasteiger partial charge < -0.3 is 0 Å². The Morgan fingerprint density at radius 2 is 1.67 bits per heavy atom. The van der Waals surface area contributed by atoms with Crippen molar-refractivity contribution in [1.82, 2.24) is 0 Å². The highest BCUT2D eigenvalue weighted by Crippen LogP contribution is 2.72. The monoisotopic (exact) mass is 452 g/mol. The lowest BCUT2D eigenvalue weighted by atomic mass is 9.44. The topological polar surface area (TPSA) is 0 Å². The molecule has 4 aliphatic rings. The lowest BCUT2D eigenvalue weighted by molar-refractivity contribution is -0.00106. The molecule has 4 aliphatic carbocycles. The van der Waals surface area contributed by atoms with Crippen molar-refractivity contribution < 1.29 is 0 Å². The first-order valence-electron chi connectivity index (χ1n) is 14.7. The summed E-state index contributed by atoms with van der Waals surface area (Å²) in [5.74, 6) is 4.94. The van der Waals surface area contributed by atoms with Crippen LogP contribution in [-0.4, -0.2) is 0 Å². The van der Waals surface area contributed by atoms with Gasteiger partial charge in [-0.2, -0.15) is 0 Å². The Labute approximate surface area is 207 Å². The summed E-state index contributed by atoms with van der Waals surface area (Å²) in [6.07, 6.45) is 16.4. The molecular formula is C33H56. The Morgan fingerprint density at radius 1 is 0.970 bits per heavy atom. The molecule has 0 nitrogen and oxygen atoms in total. The van der Waals surface area contributed by atoms with Crippen LogP contribution in [0, 0.1) is 57.2 Å². The molecule has 188 valence electrons. The van der Waals surface area contributed by atoms with Crippen LogP contribution in [0.1, 0.15) is 127 Å². The second-order valence-electron chi connectivity index (χ2n) is 14.9. The fourth-order valence-corrected chi connectivity index (χ4v) is 9.72. The molecule has 2 fully saturated rings. The maximum absolute atomic E-state index is 4.19. The Hall–Kier alpha value is -0.520. The molecular weight excluding hydrogens is 396 g/mol. The molecule has 33 heavy (non-hydrogen) atoms. The van der Waals surface area contributed by atoms with Gasteiger partial charge in [0.15, 0.2) is 0 Å². The van der Waals surface area contributed by atoms with E-state index in [4.69, 9.17) is 0 Å². The summed E-state index contributed by atoms with van der Waals surface area (Å²) in [5.41, 5.74) is 5.77. The number of allylic oxidation sites excluding steroid dienone is 3. The van der Waals surface area contributed by atoms with E-state index in [0.717, 1.165) is 35.5 Å². The Morgan fingerprint density at radius 3 is 2.30 bits per heavy atom. The van der Waals surface area contributed by atoms with Gasteiger partial charge in [0, 0.05) is 0 Å². The summed E-state index contributed by atoms with van der Waals surface area (Å²) in [6.45, 7) is 27.3. The predicted octanol–water partition coefficient (Wildman–Crippen LogP) is 10.2. The Kier molecular flexibility index (Phi) is 6.63. The third-order valence-electron chi connectivity index (χ3n) is 13.3. The van der Waals surface area contributed by atoms with Gasteiger partial charge in [-0.25, -0.2) is 0 Å². The molecule has 8 atom stereocenters. The Balaban J connectivity index is 1.59. The van der Waals surface area contributed by atoms with E-state index >= 15 is 0 Å². The average Bonchev–Trinajstić information content (AvgIpc) is 3.03. The van der Waals surface area contributed by atoms with E-state index in [1.54, 1.807) is 0 Å². The number of hydrogen-bond donors (Lipinski definition) is 0. The van der Waals surface area contributed by atoms with E-state index in [1.165, 1.54) is 64.2 Å². The Bertz CT molecular complexity index is 782. The molecule has 0 aromatic heterocycles. The summed E-state index contributed by atoms with van der Waals surface area (Å²) in [5, 5.41) is 0. The van der Waals surface area contributed by atoms with Crippen molar-refractivity contribution in [2.45, 2.75) is 127 Å². The van der Waals surface area contributed by atoms with E-state index in [-0.39, 0.29) is 0 Å². The van der Waals surface area contributed by atoms with Crippen LogP contribution in [0.3, 0.4) is 0 Å². The summed E-state index contributed by atoms with van der Waals surface area (Å²) >= 11 is 0. The second-order valence-corrected chi connectivity index (χ2v) is 14.9.